The molecule has 0 radical (unpaired) electrons. The van der Waals surface area contributed by atoms with E-state index in [0.29, 0.717) is 28.4 Å². The number of halogens is 1. The molecule has 0 amide bonds. The summed E-state index contributed by atoms with van der Waals surface area (Å²) in [4.78, 5) is 4.36. The molecular formula is C17H17ClN4O3S2. The molecule has 10 heteroatoms. The Morgan fingerprint density at radius 2 is 2.00 bits per heavy atom. The number of aliphatic hydroxyl groups excluding tert-OH is 1. The van der Waals surface area contributed by atoms with E-state index in [0.717, 1.165) is 11.3 Å². The summed E-state index contributed by atoms with van der Waals surface area (Å²) in [7, 11) is -3.80. The number of sulfonamides is 1. The van der Waals surface area contributed by atoms with E-state index in [1.165, 1.54) is 6.07 Å². The molecule has 1 aromatic carbocycles. The van der Waals surface area contributed by atoms with Crippen molar-refractivity contribution in [3.8, 4) is 0 Å². The van der Waals surface area contributed by atoms with E-state index in [1.54, 1.807) is 42.8 Å². The van der Waals surface area contributed by atoms with Gasteiger partial charge in [0.2, 0.25) is 0 Å². The predicted molar refractivity (Wildman–Crippen MR) is 105 cm³/mol. The zero-order valence-electron chi connectivity index (χ0n) is 14.3. The van der Waals surface area contributed by atoms with Crippen LogP contribution in [0.4, 0.5) is 5.13 Å². The van der Waals surface area contributed by atoms with Gasteiger partial charge in [-0.05, 0) is 36.8 Å². The standard InChI is InChI=1S/C17H17ClN4O3S2/c1-11-15(18)5-2-6-16(11)27(24,25)22-17-20-13(10-26-17)9-14(23)8-12-4-3-7-19-21-12/h2-7,10,14,23H,8-9H2,1H3,(H,20,22). The van der Waals surface area contributed by atoms with E-state index in [2.05, 4.69) is 19.9 Å². The summed E-state index contributed by atoms with van der Waals surface area (Å²) < 4.78 is 27.6. The lowest BCUT2D eigenvalue weighted by Gasteiger charge is -2.09. The molecule has 7 nitrogen and oxygen atoms in total. The summed E-state index contributed by atoms with van der Waals surface area (Å²) in [6, 6.07) is 8.24. The molecule has 2 heterocycles. The Balaban J connectivity index is 1.68. The molecule has 0 saturated carbocycles. The van der Waals surface area contributed by atoms with E-state index in [9.17, 15) is 13.5 Å². The zero-order chi connectivity index (χ0) is 19.4. The van der Waals surface area contributed by atoms with Crippen molar-refractivity contribution in [3.05, 3.63) is 63.9 Å². The van der Waals surface area contributed by atoms with E-state index in [4.69, 9.17) is 11.6 Å². The molecule has 3 rings (SSSR count). The first-order chi connectivity index (χ1) is 12.8. The van der Waals surface area contributed by atoms with Crippen LogP contribution in [0.3, 0.4) is 0 Å². The van der Waals surface area contributed by atoms with E-state index >= 15 is 0 Å². The molecule has 3 aromatic rings. The molecule has 0 saturated heterocycles. The topological polar surface area (TPSA) is 105 Å². The van der Waals surface area contributed by atoms with Gasteiger partial charge in [0.15, 0.2) is 5.13 Å². The van der Waals surface area contributed by atoms with Crippen molar-refractivity contribution in [1.29, 1.82) is 0 Å². The minimum atomic E-state index is -3.80. The average molecular weight is 425 g/mol. The fourth-order valence-corrected chi connectivity index (χ4v) is 4.97. The second-order valence-electron chi connectivity index (χ2n) is 5.89. The van der Waals surface area contributed by atoms with Crippen molar-refractivity contribution in [3.63, 3.8) is 0 Å². The summed E-state index contributed by atoms with van der Waals surface area (Å²) in [5.41, 5.74) is 1.75. The number of nitrogens with one attached hydrogen (secondary N) is 1. The normalized spacial score (nSPS) is 12.7. The lowest BCUT2D eigenvalue weighted by atomic mass is 10.1. The highest BCUT2D eigenvalue weighted by molar-refractivity contribution is 7.93. The summed E-state index contributed by atoms with van der Waals surface area (Å²) in [5, 5.41) is 20.2. The Morgan fingerprint density at radius 3 is 2.74 bits per heavy atom. The van der Waals surface area contributed by atoms with Crippen LogP contribution in [0.15, 0.2) is 46.8 Å². The van der Waals surface area contributed by atoms with Gasteiger partial charge in [0.05, 0.1) is 22.4 Å². The maximum atomic E-state index is 12.6. The van der Waals surface area contributed by atoms with Gasteiger partial charge in [0.25, 0.3) is 10.0 Å². The molecule has 0 aliphatic heterocycles. The number of rotatable bonds is 7. The summed E-state index contributed by atoms with van der Waals surface area (Å²) in [6.45, 7) is 1.65. The summed E-state index contributed by atoms with van der Waals surface area (Å²) in [5.74, 6) is 0. The van der Waals surface area contributed by atoms with Crippen LogP contribution >= 0.6 is 22.9 Å². The second-order valence-corrected chi connectivity index (χ2v) is 8.81. The van der Waals surface area contributed by atoms with Crippen molar-refractivity contribution in [2.75, 3.05) is 4.72 Å². The first kappa shape index (κ1) is 19.7. The van der Waals surface area contributed by atoms with E-state index in [1.807, 2.05) is 0 Å². The van der Waals surface area contributed by atoms with Crippen LogP contribution < -0.4 is 4.72 Å². The maximum absolute atomic E-state index is 12.6. The number of benzene rings is 1. The number of nitrogens with zero attached hydrogens (tertiary/aromatic N) is 3. The fraction of sp³-hybridized carbons (Fsp3) is 0.235. The highest BCUT2D eigenvalue weighted by atomic mass is 35.5. The van der Waals surface area contributed by atoms with Gasteiger partial charge in [0.1, 0.15) is 0 Å². The largest absolute Gasteiger partial charge is 0.392 e. The van der Waals surface area contributed by atoms with Crippen molar-refractivity contribution < 1.29 is 13.5 Å². The molecule has 0 spiro atoms. The smallest absolute Gasteiger partial charge is 0.263 e. The SMILES string of the molecule is Cc1c(Cl)cccc1S(=O)(=O)Nc1nc(CC(O)Cc2cccnn2)cs1. The Labute approximate surface area is 166 Å². The Hall–Kier alpha value is -2.07. The molecule has 27 heavy (non-hydrogen) atoms. The van der Waals surface area contributed by atoms with Crippen LogP contribution in [0.1, 0.15) is 17.0 Å². The molecule has 2 aromatic heterocycles. The average Bonchev–Trinajstić information content (AvgIpc) is 3.04. The van der Waals surface area contributed by atoms with Crippen LogP contribution in [-0.2, 0) is 22.9 Å². The highest BCUT2D eigenvalue weighted by Crippen LogP contribution is 2.26. The minimum Gasteiger partial charge on any atom is -0.392 e. The van der Waals surface area contributed by atoms with Gasteiger partial charge >= 0.3 is 0 Å². The highest BCUT2D eigenvalue weighted by Gasteiger charge is 2.20. The van der Waals surface area contributed by atoms with Gasteiger partial charge in [-0.2, -0.15) is 10.2 Å². The molecule has 0 fully saturated rings. The van der Waals surface area contributed by atoms with Gasteiger partial charge in [-0.1, -0.05) is 17.7 Å². The fourth-order valence-electron chi connectivity index (χ4n) is 2.49. The van der Waals surface area contributed by atoms with Gasteiger partial charge in [-0.25, -0.2) is 13.4 Å². The molecule has 1 unspecified atom stereocenters. The summed E-state index contributed by atoms with van der Waals surface area (Å²) in [6.07, 6.45) is 1.50. The quantitative estimate of drug-likeness (QED) is 0.604. The Kier molecular flexibility index (Phi) is 6.05. The van der Waals surface area contributed by atoms with Crippen LogP contribution in [-0.4, -0.2) is 34.8 Å². The number of hydrogen-bond acceptors (Lipinski definition) is 7. The number of anilines is 1. The molecule has 142 valence electrons. The first-order valence-corrected chi connectivity index (χ1v) is 10.8. The van der Waals surface area contributed by atoms with Gasteiger partial charge in [-0.15, -0.1) is 11.3 Å². The Bertz CT molecular complexity index is 1030. The lowest BCUT2D eigenvalue weighted by molar-refractivity contribution is 0.173. The third kappa shape index (κ3) is 5.01. The minimum absolute atomic E-state index is 0.106. The molecule has 0 aliphatic carbocycles. The van der Waals surface area contributed by atoms with Gasteiger partial charge < -0.3 is 5.11 Å². The number of aromatic nitrogens is 3. The van der Waals surface area contributed by atoms with Crippen molar-refractivity contribution >= 4 is 38.1 Å². The first-order valence-electron chi connectivity index (χ1n) is 8.02. The lowest BCUT2D eigenvalue weighted by Crippen LogP contribution is -2.16. The third-order valence-electron chi connectivity index (χ3n) is 3.80. The van der Waals surface area contributed by atoms with Gasteiger partial charge in [0, 0.05) is 29.4 Å². The van der Waals surface area contributed by atoms with Gasteiger partial charge in [-0.3, -0.25) is 4.72 Å². The second kappa shape index (κ2) is 8.30. The van der Waals surface area contributed by atoms with Crippen LogP contribution in [0.5, 0.6) is 0 Å². The summed E-state index contributed by atoms with van der Waals surface area (Å²) >= 11 is 7.16. The molecular weight excluding hydrogens is 408 g/mol. The number of hydrogen-bond donors (Lipinski definition) is 2. The third-order valence-corrected chi connectivity index (χ3v) is 6.63. The monoisotopic (exact) mass is 424 g/mol. The van der Waals surface area contributed by atoms with E-state index in [-0.39, 0.29) is 16.4 Å². The molecule has 0 bridgehead atoms. The Morgan fingerprint density at radius 1 is 1.22 bits per heavy atom. The van der Waals surface area contributed by atoms with E-state index < -0.39 is 16.1 Å². The zero-order valence-corrected chi connectivity index (χ0v) is 16.7. The molecule has 1 atom stereocenters. The molecule has 2 N–H and O–H groups in total. The maximum Gasteiger partial charge on any atom is 0.263 e. The number of thiazole rings is 1. The molecule has 0 aliphatic rings. The van der Waals surface area contributed by atoms with Crippen molar-refractivity contribution in [2.45, 2.75) is 30.8 Å². The predicted octanol–water partition coefficient (Wildman–Crippen LogP) is 2.84. The van der Waals surface area contributed by atoms with Crippen LogP contribution in [0.2, 0.25) is 5.02 Å². The van der Waals surface area contributed by atoms with Crippen LogP contribution in [0.25, 0.3) is 0 Å². The van der Waals surface area contributed by atoms with Crippen molar-refractivity contribution in [2.24, 2.45) is 0 Å². The number of aliphatic hydroxyl groups is 1. The van der Waals surface area contributed by atoms with Crippen LogP contribution in [0, 0.1) is 6.92 Å². The van der Waals surface area contributed by atoms with Crippen molar-refractivity contribution in [1.82, 2.24) is 15.2 Å².